The van der Waals surface area contributed by atoms with Gasteiger partial charge in [0.15, 0.2) is 5.03 Å². The van der Waals surface area contributed by atoms with Crippen molar-refractivity contribution in [3.63, 3.8) is 0 Å². The Morgan fingerprint density at radius 2 is 2.09 bits per heavy atom. The molecule has 2 fully saturated rings. The van der Waals surface area contributed by atoms with Gasteiger partial charge in [0.1, 0.15) is 0 Å². The highest BCUT2D eigenvalue weighted by Crippen LogP contribution is 2.28. The minimum Gasteiger partial charge on any atom is -0.481 e. The van der Waals surface area contributed by atoms with Crippen molar-refractivity contribution in [2.45, 2.75) is 31.0 Å². The first-order valence-electron chi connectivity index (χ1n) is 7.38. The number of carboxylic acids is 1. The second-order valence-corrected chi connectivity index (χ2v) is 7.63. The molecule has 2 aliphatic heterocycles. The Labute approximate surface area is 133 Å². The number of hydrogen-bond acceptors (Lipinski definition) is 5. The molecule has 0 spiro atoms. The highest BCUT2D eigenvalue weighted by atomic mass is 32.2. The molecule has 0 bridgehead atoms. The second-order valence-electron chi connectivity index (χ2n) is 5.75. The molecule has 3 rings (SSSR count). The summed E-state index contributed by atoms with van der Waals surface area (Å²) >= 11 is 0. The number of carboxylic acid groups (broad SMARTS) is 1. The Kier molecular flexibility index (Phi) is 3.88. The van der Waals surface area contributed by atoms with Crippen LogP contribution in [0.1, 0.15) is 13.3 Å². The first-order valence-corrected chi connectivity index (χ1v) is 8.82. The van der Waals surface area contributed by atoms with E-state index in [9.17, 15) is 18.0 Å². The molecule has 0 aromatic carbocycles. The van der Waals surface area contributed by atoms with E-state index < -0.39 is 21.9 Å². The molecule has 1 aromatic rings. The Hall–Kier alpha value is -1.94. The van der Waals surface area contributed by atoms with Gasteiger partial charge in [-0.15, -0.1) is 0 Å². The lowest BCUT2D eigenvalue weighted by atomic mass is 10.1. The number of aryl methyl sites for hydroxylation is 1. The number of aliphatic carboxylic acids is 1. The standard InChI is InChI=1S/C13H18N4O5S/c1-2-17-12(3-4-14-17)23(21,22)15-7-10(8-15)16-6-9(13(19)20)5-11(16)18/h3-4,9-10H,2,5-8H2,1H3,(H,19,20). The molecule has 9 nitrogen and oxygen atoms in total. The van der Waals surface area contributed by atoms with Crippen LogP contribution in [0.5, 0.6) is 0 Å². The van der Waals surface area contributed by atoms with Gasteiger partial charge in [-0.05, 0) is 13.0 Å². The Balaban J connectivity index is 1.67. The molecule has 0 radical (unpaired) electrons. The van der Waals surface area contributed by atoms with Crippen molar-refractivity contribution in [1.29, 1.82) is 0 Å². The third-order valence-electron chi connectivity index (χ3n) is 4.36. The van der Waals surface area contributed by atoms with E-state index >= 15 is 0 Å². The Bertz CT molecular complexity index is 737. The van der Waals surface area contributed by atoms with Gasteiger partial charge < -0.3 is 10.0 Å². The van der Waals surface area contributed by atoms with Gasteiger partial charge in [-0.3, -0.25) is 14.3 Å². The number of amides is 1. The van der Waals surface area contributed by atoms with Gasteiger partial charge in [-0.1, -0.05) is 0 Å². The summed E-state index contributed by atoms with van der Waals surface area (Å²) in [5.74, 6) is -1.91. The molecule has 1 aromatic heterocycles. The molecular formula is C13H18N4O5S. The third-order valence-corrected chi connectivity index (χ3v) is 6.21. The van der Waals surface area contributed by atoms with E-state index in [-0.39, 0.29) is 43.0 Å². The SMILES string of the molecule is CCn1nccc1S(=O)(=O)N1CC(N2CC(C(=O)O)CC2=O)C1. The summed E-state index contributed by atoms with van der Waals surface area (Å²) in [6.45, 7) is 2.79. The van der Waals surface area contributed by atoms with Gasteiger partial charge >= 0.3 is 5.97 Å². The summed E-state index contributed by atoms with van der Waals surface area (Å²) in [5.41, 5.74) is 0. The van der Waals surface area contributed by atoms with Crippen molar-refractivity contribution < 1.29 is 23.1 Å². The normalized spacial score (nSPS) is 23.3. The van der Waals surface area contributed by atoms with Crippen LogP contribution in [-0.2, 0) is 26.2 Å². The molecule has 1 amide bonds. The fraction of sp³-hybridized carbons (Fsp3) is 0.615. The molecule has 0 aliphatic carbocycles. The number of likely N-dealkylation sites (tertiary alicyclic amines) is 1. The predicted molar refractivity (Wildman–Crippen MR) is 77.9 cm³/mol. The van der Waals surface area contributed by atoms with Gasteiger partial charge in [0.05, 0.1) is 18.2 Å². The van der Waals surface area contributed by atoms with Crippen molar-refractivity contribution >= 4 is 21.9 Å². The minimum atomic E-state index is -3.63. The van der Waals surface area contributed by atoms with Gasteiger partial charge in [-0.25, -0.2) is 8.42 Å². The highest BCUT2D eigenvalue weighted by Gasteiger charge is 2.46. The van der Waals surface area contributed by atoms with E-state index in [1.807, 2.05) is 0 Å². The summed E-state index contributed by atoms with van der Waals surface area (Å²) < 4.78 is 27.8. The lowest BCUT2D eigenvalue weighted by Gasteiger charge is -2.42. The van der Waals surface area contributed by atoms with Crippen molar-refractivity contribution in [3.8, 4) is 0 Å². The fourth-order valence-electron chi connectivity index (χ4n) is 2.97. The average Bonchev–Trinajstić information content (AvgIpc) is 3.04. The van der Waals surface area contributed by atoms with Crippen LogP contribution in [0.25, 0.3) is 0 Å². The van der Waals surface area contributed by atoms with Crippen molar-refractivity contribution in [3.05, 3.63) is 12.3 Å². The minimum absolute atomic E-state index is 0.0127. The molecule has 2 saturated heterocycles. The molecule has 3 heterocycles. The lowest BCUT2D eigenvalue weighted by Crippen LogP contribution is -2.61. The van der Waals surface area contributed by atoms with Gasteiger partial charge in [0.2, 0.25) is 5.91 Å². The van der Waals surface area contributed by atoms with Gasteiger partial charge in [0.25, 0.3) is 10.0 Å². The number of hydrogen-bond donors (Lipinski definition) is 1. The van der Waals surface area contributed by atoms with Crippen LogP contribution in [-0.4, -0.2) is 70.1 Å². The summed E-state index contributed by atoms with van der Waals surface area (Å²) in [4.78, 5) is 24.4. The molecule has 126 valence electrons. The summed E-state index contributed by atoms with van der Waals surface area (Å²) in [6.07, 6.45) is 1.43. The topological polar surface area (TPSA) is 113 Å². The maximum absolute atomic E-state index is 12.5. The quantitative estimate of drug-likeness (QED) is 0.750. The number of carbonyl (C=O) groups excluding carboxylic acids is 1. The summed E-state index contributed by atoms with van der Waals surface area (Å²) in [5, 5.41) is 13.1. The van der Waals surface area contributed by atoms with Crippen molar-refractivity contribution in [2.24, 2.45) is 5.92 Å². The summed E-state index contributed by atoms with van der Waals surface area (Å²) in [7, 11) is -3.63. The van der Waals surface area contributed by atoms with Gasteiger partial charge in [-0.2, -0.15) is 9.40 Å². The molecule has 10 heteroatoms. The second kappa shape index (κ2) is 5.60. The van der Waals surface area contributed by atoms with E-state index in [1.165, 1.54) is 26.2 Å². The molecule has 1 atom stereocenters. The van der Waals surface area contributed by atoms with E-state index in [2.05, 4.69) is 5.10 Å². The van der Waals surface area contributed by atoms with E-state index in [1.54, 1.807) is 6.92 Å². The molecule has 1 N–H and O–H groups in total. The number of carbonyl (C=O) groups is 2. The van der Waals surface area contributed by atoms with Crippen LogP contribution >= 0.6 is 0 Å². The zero-order valence-electron chi connectivity index (χ0n) is 12.6. The van der Waals surface area contributed by atoms with Crippen LogP contribution in [0.4, 0.5) is 0 Å². The molecule has 0 saturated carbocycles. The molecule has 2 aliphatic rings. The third kappa shape index (κ3) is 2.61. The molecule has 23 heavy (non-hydrogen) atoms. The zero-order valence-corrected chi connectivity index (χ0v) is 13.4. The molecule has 1 unspecified atom stereocenters. The van der Waals surface area contributed by atoms with Crippen molar-refractivity contribution in [1.82, 2.24) is 19.0 Å². The molecular weight excluding hydrogens is 324 g/mol. The van der Waals surface area contributed by atoms with E-state index in [4.69, 9.17) is 5.11 Å². The van der Waals surface area contributed by atoms with Crippen LogP contribution in [0.3, 0.4) is 0 Å². The van der Waals surface area contributed by atoms with E-state index in [0.29, 0.717) is 6.54 Å². The van der Waals surface area contributed by atoms with Crippen LogP contribution < -0.4 is 0 Å². The fourth-order valence-corrected chi connectivity index (χ4v) is 4.65. The highest BCUT2D eigenvalue weighted by molar-refractivity contribution is 7.89. The summed E-state index contributed by atoms with van der Waals surface area (Å²) in [6, 6.07) is 1.20. The predicted octanol–water partition coefficient (Wildman–Crippen LogP) is -0.791. The maximum atomic E-state index is 12.5. The number of rotatable bonds is 5. The van der Waals surface area contributed by atoms with Crippen LogP contribution in [0.15, 0.2) is 17.3 Å². The first-order chi connectivity index (χ1) is 10.8. The van der Waals surface area contributed by atoms with Crippen LogP contribution in [0.2, 0.25) is 0 Å². The van der Waals surface area contributed by atoms with Crippen LogP contribution in [0, 0.1) is 5.92 Å². The van der Waals surface area contributed by atoms with Crippen molar-refractivity contribution in [2.75, 3.05) is 19.6 Å². The number of nitrogens with zero attached hydrogens (tertiary/aromatic N) is 4. The Morgan fingerprint density at radius 3 is 2.65 bits per heavy atom. The number of sulfonamides is 1. The largest absolute Gasteiger partial charge is 0.481 e. The zero-order chi connectivity index (χ0) is 16.8. The van der Waals surface area contributed by atoms with E-state index in [0.717, 1.165) is 0 Å². The number of aromatic nitrogens is 2. The lowest BCUT2D eigenvalue weighted by molar-refractivity contribution is -0.141. The Morgan fingerprint density at radius 1 is 1.39 bits per heavy atom. The smallest absolute Gasteiger partial charge is 0.308 e. The monoisotopic (exact) mass is 342 g/mol. The first kappa shape index (κ1) is 15.9. The maximum Gasteiger partial charge on any atom is 0.308 e. The van der Waals surface area contributed by atoms with Gasteiger partial charge in [0, 0.05) is 32.6 Å². The average molecular weight is 342 g/mol.